The summed E-state index contributed by atoms with van der Waals surface area (Å²) in [5.74, 6) is 2.01. The summed E-state index contributed by atoms with van der Waals surface area (Å²) in [5, 5.41) is 7.87. The number of nitrogens with zero attached hydrogens (tertiary/aromatic N) is 3. The summed E-state index contributed by atoms with van der Waals surface area (Å²) in [7, 11) is -3.53. The summed E-state index contributed by atoms with van der Waals surface area (Å²) < 4.78 is 29.2. The zero-order valence-electron chi connectivity index (χ0n) is 19.4. The first-order valence-corrected chi connectivity index (χ1v) is 14.1. The lowest BCUT2D eigenvalue weighted by atomic mass is 10.1. The Balaban J connectivity index is 1.42. The number of rotatable bonds is 5. The molecule has 0 aliphatic carbocycles. The number of nitrogens with one attached hydrogen (secondary N) is 1. The molecule has 0 atom stereocenters. The molecular weight excluding hydrogens is 468 g/mol. The molecule has 0 saturated carbocycles. The minimum absolute atomic E-state index is 0.226. The zero-order valence-corrected chi connectivity index (χ0v) is 21.0. The molecule has 0 radical (unpaired) electrons. The van der Waals surface area contributed by atoms with Crippen LogP contribution in [0.1, 0.15) is 52.0 Å². The third-order valence-electron chi connectivity index (χ3n) is 6.66. The molecule has 2 aliphatic rings. The Morgan fingerprint density at radius 1 is 1.00 bits per heavy atom. The van der Waals surface area contributed by atoms with Gasteiger partial charge in [0.25, 0.3) is 5.91 Å². The molecule has 2 aliphatic heterocycles. The molecule has 0 unspecified atom stereocenters. The van der Waals surface area contributed by atoms with Crippen LogP contribution in [0.15, 0.2) is 47.4 Å². The average Bonchev–Trinajstić information content (AvgIpc) is 3.44. The van der Waals surface area contributed by atoms with E-state index >= 15 is 0 Å². The summed E-state index contributed by atoms with van der Waals surface area (Å²) in [6.07, 6.45) is 2.83. The van der Waals surface area contributed by atoms with Crippen LogP contribution in [0.25, 0.3) is 5.69 Å². The molecule has 1 N–H and O–H groups in total. The van der Waals surface area contributed by atoms with Gasteiger partial charge in [-0.2, -0.15) is 21.2 Å². The van der Waals surface area contributed by atoms with E-state index in [-0.39, 0.29) is 10.8 Å². The normalized spacial score (nSPS) is 16.4. The topological polar surface area (TPSA) is 84.3 Å². The summed E-state index contributed by atoms with van der Waals surface area (Å²) in [6.45, 7) is 5.22. The molecule has 1 fully saturated rings. The molecule has 7 nitrogen and oxygen atoms in total. The van der Waals surface area contributed by atoms with Crippen LogP contribution in [0.2, 0.25) is 0 Å². The van der Waals surface area contributed by atoms with E-state index in [4.69, 9.17) is 5.10 Å². The fraction of sp³-hybridized carbons (Fsp3) is 0.360. The van der Waals surface area contributed by atoms with Crippen LogP contribution in [0.5, 0.6) is 0 Å². The predicted octanol–water partition coefficient (Wildman–Crippen LogP) is 4.66. The van der Waals surface area contributed by atoms with Crippen LogP contribution in [0.3, 0.4) is 0 Å². The molecule has 9 heteroatoms. The average molecular weight is 497 g/mol. The van der Waals surface area contributed by atoms with Gasteiger partial charge in [0.15, 0.2) is 0 Å². The molecular formula is C25H28N4O3S2. The largest absolute Gasteiger partial charge is 0.306 e. The number of hydrogen-bond acceptors (Lipinski definition) is 5. The Morgan fingerprint density at radius 3 is 2.47 bits per heavy atom. The van der Waals surface area contributed by atoms with Crippen molar-refractivity contribution in [1.29, 1.82) is 0 Å². The predicted molar refractivity (Wildman–Crippen MR) is 135 cm³/mol. The van der Waals surface area contributed by atoms with Crippen LogP contribution < -0.4 is 5.32 Å². The second-order valence-corrected chi connectivity index (χ2v) is 11.8. The first-order chi connectivity index (χ1) is 16.4. The number of aryl methyl sites for hydroxylation is 1. The molecule has 1 saturated heterocycles. The number of thioether (sulfide) groups is 1. The third kappa shape index (κ3) is 4.16. The number of piperidine rings is 1. The summed E-state index contributed by atoms with van der Waals surface area (Å²) >= 11 is 1.78. The Labute approximate surface area is 204 Å². The van der Waals surface area contributed by atoms with E-state index in [0.717, 1.165) is 58.8 Å². The van der Waals surface area contributed by atoms with Crippen molar-refractivity contribution in [2.75, 3.05) is 18.4 Å². The van der Waals surface area contributed by atoms with Crippen LogP contribution in [0.4, 0.5) is 5.82 Å². The van der Waals surface area contributed by atoms with Gasteiger partial charge >= 0.3 is 0 Å². The van der Waals surface area contributed by atoms with Crippen molar-refractivity contribution in [3.63, 3.8) is 0 Å². The van der Waals surface area contributed by atoms with E-state index in [2.05, 4.69) is 25.2 Å². The lowest BCUT2D eigenvalue weighted by Crippen LogP contribution is -2.35. The highest BCUT2D eigenvalue weighted by Crippen LogP contribution is 2.37. The number of aromatic nitrogens is 2. The van der Waals surface area contributed by atoms with Gasteiger partial charge in [-0.15, -0.1) is 0 Å². The van der Waals surface area contributed by atoms with E-state index < -0.39 is 10.0 Å². The van der Waals surface area contributed by atoms with Crippen molar-refractivity contribution in [2.45, 2.75) is 49.5 Å². The molecule has 1 amide bonds. The highest BCUT2D eigenvalue weighted by atomic mass is 32.2. The number of hydrogen-bond donors (Lipinski definition) is 1. The lowest BCUT2D eigenvalue weighted by Gasteiger charge is -2.25. The minimum Gasteiger partial charge on any atom is -0.306 e. The number of anilines is 1. The van der Waals surface area contributed by atoms with Crippen molar-refractivity contribution >= 4 is 33.5 Å². The highest BCUT2D eigenvalue weighted by molar-refractivity contribution is 7.98. The van der Waals surface area contributed by atoms with Crippen molar-refractivity contribution in [2.24, 2.45) is 0 Å². The standard InChI is InChI=1S/C25H28N4O3S2/c1-17-7-6-8-23(18(17)2)29-24(21-15-33-16-22(21)27-29)26-25(30)19-9-11-20(12-10-19)34(31,32)28-13-4-3-5-14-28/h6-12H,3-5,13-16H2,1-2H3,(H,26,30). The number of sulfonamides is 1. The highest BCUT2D eigenvalue weighted by Gasteiger charge is 2.27. The van der Waals surface area contributed by atoms with Gasteiger partial charge < -0.3 is 5.32 Å². The number of fused-ring (bicyclic) bond motifs is 1. The fourth-order valence-electron chi connectivity index (χ4n) is 4.49. The monoisotopic (exact) mass is 496 g/mol. The van der Waals surface area contributed by atoms with Crippen molar-refractivity contribution in [3.05, 3.63) is 70.4 Å². The summed E-state index contributed by atoms with van der Waals surface area (Å²) in [4.78, 5) is 13.4. The maximum atomic E-state index is 13.2. The maximum Gasteiger partial charge on any atom is 0.256 e. The fourth-order valence-corrected chi connectivity index (χ4v) is 7.04. The van der Waals surface area contributed by atoms with Crippen molar-refractivity contribution < 1.29 is 13.2 Å². The van der Waals surface area contributed by atoms with Gasteiger partial charge in [0.1, 0.15) is 5.82 Å². The van der Waals surface area contributed by atoms with E-state index in [0.29, 0.717) is 24.5 Å². The molecule has 5 rings (SSSR count). The summed E-state index contributed by atoms with van der Waals surface area (Å²) in [5.41, 5.74) is 5.65. The van der Waals surface area contributed by atoms with Gasteiger partial charge in [-0.05, 0) is 68.1 Å². The first kappa shape index (κ1) is 23.1. The SMILES string of the molecule is Cc1cccc(-n2nc3c(c2NC(=O)c2ccc(S(=O)(=O)N4CCCCC4)cc2)CSC3)c1C. The Hall–Kier alpha value is -2.62. The van der Waals surface area contributed by atoms with E-state index in [1.807, 2.05) is 16.8 Å². The third-order valence-corrected chi connectivity index (χ3v) is 9.54. The van der Waals surface area contributed by atoms with Crippen LogP contribution >= 0.6 is 11.8 Å². The van der Waals surface area contributed by atoms with Crippen molar-refractivity contribution in [1.82, 2.24) is 14.1 Å². The molecule has 0 spiro atoms. The first-order valence-electron chi connectivity index (χ1n) is 11.5. The van der Waals surface area contributed by atoms with Crippen LogP contribution in [0, 0.1) is 13.8 Å². The van der Waals surface area contributed by atoms with Gasteiger partial charge in [-0.1, -0.05) is 18.6 Å². The molecule has 178 valence electrons. The quantitative estimate of drug-likeness (QED) is 0.555. The number of benzene rings is 2. The van der Waals surface area contributed by atoms with Gasteiger partial charge in [0.2, 0.25) is 10.0 Å². The molecule has 0 bridgehead atoms. The second-order valence-electron chi connectivity index (χ2n) is 8.84. The number of carbonyl (C=O) groups is 1. The van der Waals surface area contributed by atoms with E-state index in [9.17, 15) is 13.2 Å². The molecule has 34 heavy (non-hydrogen) atoms. The molecule has 3 heterocycles. The second kappa shape index (κ2) is 9.20. The molecule has 2 aromatic carbocycles. The number of carbonyl (C=O) groups excluding carboxylic acids is 1. The Kier molecular flexibility index (Phi) is 6.26. The van der Waals surface area contributed by atoms with Crippen LogP contribution in [-0.2, 0) is 21.5 Å². The van der Waals surface area contributed by atoms with Crippen molar-refractivity contribution in [3.8, 4) is 5.69 Å². The van der Waals surface area contributed by atoms with E-state index in [1.165, 1.54) is 16.4 Å². The van der Waals surface area contributed by atoms with Gasteiger partial charge in [0.05, 0.1) is 16.3 Å². The zero-order chi connectivity index (χ0) is 23.9. The molecule has 1 aromatic heterocycles. The Bertz CT molecular complexity index is 1340. The maximum absolute atomic E-state index is 13.2. The van der Waals surface area contributed by atoms with Gasteiger partial charge in [-0.3, -0.25) is 4.79 Å². The molecule has 3 aromatic rings. The lowest BCUT2D eigenvalue weighted by molar-refractivity contribution is 0.102. The summed E-state index contributed by atoms with van der Waals surface area (Å²) in [6, 6.07) is 12.3. The minimum atomic E-state index is -3.53. The van der Waals surface area contributed by atoms with Gasteiger partial charge in [0, 0.05) is 35.7 Å². The van der Waals surface area contributed by atoms with Gasteiger partial charge in [-0.25, -0.2) is 13.1 Å². The smallest absolute Gasteiger partial charge is 0.256 e. The number of amides is 1. The Morgan fingerprint density at radius 2 is 1.74 bits per heavy atom. The van der Waals surface area contributed by atoms with Crippen LogP contribution in [-0.4, -0.2) is 41.5 Å². The van der Waals surface area contributed by atoms with E-state index in [1.54, 1.807) is 23.9 Å².